The number of para-hydroxylation sites is 1. The van der Waals surface area contributed by atoms with E-state index in [0.29, 0.717) is 0 Å². The molecule has 25 heavy (non-hydrogen) atoms. The lowest BCUT2D eigenvalue weighted by Crippen LogP contribution is -2.44. The molecule has 4 atom stereocenters. The van der Waals surface area contributed by atoms with Gasteiger partial charge in [-0.1, -0.05) is 24.6 Å². The number of nitrogens with two attached hydrogens (primary N) is 1. The zero-order chi connectivity index (χ0) is 17.8. The van der Waals surface area contributed by atoms with Crippen molar-refractivity contribution in [1.82, 2.24) is 4.90 Å². The molecular formula is C20H31N3O2. The Hall–Kier alpha value is -1.43. The van der Waals surface area contributed by atoms with Crippen LogP contribution < -0.4 is 11.1 Å². The Morgan fingerprint density at radius 1 is 1.24 bits per heavy atom. The summed E-state index contributed by atoms with van der Waals surface area (Å²) in [4.78, 5) is 15.1. The maximum absolute atomic E-state index is 12.7. The Morgan fingerprint density at radius 2 is 1.96 bits per heavy atom. The summed E-state index contributed by atoms with van der Waals surface area (Å²) in [5, 5.41) is 3.16. The predicted molar refractivity (Wildman–Crippen MR) is 100 cm³/mol. The smallest absolute Gasteiger partial charge is 0.227 e. The molecule has 3 rings (SSSR count). The SMILES string of the molecule is CC1CN(Cc2ccccc2NC(=O)C2CCCC(N)C2)CC(C)O1. The van der Waals surface area contributed by atoms with Gasteiger partial charge < -0.3 is 15.8 Å². The molecule has 3 N–H and O–H groups in total. The predicted octanol–water partition coefficient (Wildman–Crippen LogP) is 2.75. The minimum Gasteiger partial charge on any atom is -0.373 e. The zero-order valence-corrected chi connectivity index (χ0v) is 15.4. The lowest BCUT2D eigenvalue weighted by atomic mass is 9.85. The number of nitrogens with zero attached hydrogens (tertiary/aromatic N) is 1. The van der Waals surface area contributed by atoms with Crippen molar-refractivity contribution in [3.05, 3.63) is 29.8 Å². The van der Waals surface area contributed by atoms with Crippen LogP contribution in [0.5, 0.6) is 0 Å². The van der Waals surface area contributed by atoms with Crippen molar-refractivity contribution < 1.29 is 9.53 Å². The van der Waals surface area contributed by atoms with E-state index in [0.717, 1.165) is 56.6 Å². The minimum atomic E-state index is 0.0419. The van der Waals surface area contributed by atoms with Crippen molar-refractivity contribution in [2.45, 2.75) is 64.3 Å². The van der Waals surface area contributed by atoms with Gasteiger partial charge >= 0.3 is 0 Å². The number of nitrogens with one attached hydrogen (secondary N) is 1. The Balaban J connectivity index is 1.65. The second kappa shape index (κ2) is 8.30. The first-order valence-electron chi connectivity index (χ1n) is 9.53. The number of amides is 1. The van der Waals surface area contributed by atoms with Crippen LogP contribution in [0.4, 0.5) is 5.69 Å². The molecule has 2 aliphatic rings. The van der Waals surface area contributed by atoms with Crippen molar-refractivity contribution in [2.75, 3.05) is 18.4 Å². The molecule has 4 unspecified atom stereocenters. The molecule has 0 radical (unpaired) electrons. The summed E-state index contributed by atoms with van der Waals surface area (Å²) in [6.07, 6.45) is 4.31. The number of ether oxygens (including phenoxy) is 1. The number of morpholine rings is 1. The number of hydrogen-bond donors (Lipinski definition) is 2. The molecule has 0 spiro atoms. The first-order chi connectivity index (χ1) is 12.0. The molecule has 1 saturated heterocycles. The van der Waals surface area contributed by atoms with Crippen LogP contribution in [0, 0.1) is 5.92 Å². The van der Waals surface area contributed by atoms with Crippen LogP contribution in [0.25, 0.3) is 0 Å². The zero-order valence-electron chi connectivity index (χ0n) is 15.4. The Bertz CT molecular complexity index is 582. The second-order valence-corrected chi connectivity index (χ2v) is 7.72. The van der Waals surface area contributed by atoms with E-state index >= 15 is 0 Å². The number of hydrogen-bond acceptors (Lipinski definition) is 4. The summed E-state index contributed by atoms with van der Waals surface area (Å²) in [6.45, 7) is 6.90. The van der Waals surface area contributed by atoms with Gasteiger partial charge in [0.1, 0.15) is 0 Å². The molecule has 1 saturated carbocycles. The number of anilines is 1. The Kier molecular flexibility index (Phi) is 6.10. The topological polar surface area (TPSA) is 67.6 Å². The monoisotopic (exact) mass is 345 g/mol. The van der Waals surface area contributed by atoms with Crippen LogP contribution in [0.15, 0.2) is 24.3 Å². The highest BCUT2D eigenvalue weighted by molar-refractivity contribution is 5.93. The molecule has 1 aromatic rings. The lowest BCUT2D eigenvalue weighted by molar-refractivity contribution is -0.120. The molecule has 1 amide bonds. The fourth-order valence-electron chi connectivity index (χ4n) is 4.14. The Morgan fingerprint density at radius 3 is 2.68 bits per heavy atom. The molecule has 1 aliphatic heterocycles. The summed E-state index contributed by atoms with van der Waals surface area (Å²) in [5.41, 5.74) is 8.13. The van der Waals surface area contributed by atoms with Crippen molar-refractivity contribution in [2.24, 2.45) is 11.7 Å². The number of benzene rings is 1. The van der Waals surface area contributed by atoms with Gasteiger partial charge in [0.15, 0.2) is 0 Å². The van der Waals surface area contributed by atoms with Gasteiger partial charge in [0, 0.05) is 37.3 Å². The Labute approximate surface area is 150 Å². The van der Waals surface area contributed by atoms with E-state index in [1.807, 2.05) is 18.2 Å². The average Bonchev–Trinajstić information content (AvgIpc) is 2.55. The van der Waals surface area contributed by atoms with Crippen LogP contribution in [-0.2, 0) is 16.1 Å². The molecule has 0 bridgehead atoms. The highest BCUT2D eigenvalue weighted by Crippen LogP contribution is 2.26. The molecule has 1 heterocycles. The molecule has 138 valence electrons. The molecule has 1 aromatic carbocycles. The van der Waals surface area contributed by atoms with Crippen molar-refractivity contribution >= 4 is 11.6 Å². The standard InChI is InChI=1S/C20H31N3O2/c1-14-11-23(12-15(2)25-14)13-17-6-3-4-9-19(17)22-20(24)16-7-5-8-18(21)10-16/h3-4,6,9,14-16,18H,5,7-8,10-13,21H2,1-2H3,(H,22,24). The van der Waals surface area contributed by atoms with Gasteiger partial charge in [-0.15, -0.1) is 0 Å². The quantitative estimate of drug-likeness (QED) is 0.880. The van der Waals surface area contributed by atoms with E-state index in [4.69, 9.17) is 10.5 Å². The summed E-state index contributed by atoms with van der Waals surface area (Å²) >= 11 is 0. The van der Waals surface area contributed by atoms with Crippen LogP contribution >= 0.6 is 0 Å². The van der Waals surface area contributed by atoms with Gasteiger partial charge in [-0.3, -0.25) is 9.69 Å². The first-order valence-corrected chi connectivity index (χ1v) is 9.53. The lowest BCUT2D eigenvalue weighted by Gasteiger charge is -2.35. The highest BCUT2D eigenvalue weighted by atomic mass is 16.5. The van der Waals surface area contributed by atoms with E-state index in [9.17, 15) is 4.79 Å². The van der Waals surface area contributed by atoms with Gasteiger partial charge in [-0.2, -0.15) is 0 Å². The number of rotatable bonds is 4. The number of carbonyl (C=O) groups is 1. The van der Waals surface area contributed by atoms with E-state index in [-0.39, 0.29) is 30.1 Å². The summed E-state index contributed by atoms with van der Waals surface area (Å²) in [7, 11) is 0. The highest BCUT2D eigenvalue weighted by Gasteiger charge is 2.26. The summed E-state index contributed by atoms with van der Waals surface area (Å²) < 4.78 is 5.82. The van der Waals surface area contributed by atoms with Gasteiger partial charge in [0.25, 0.3) is 0 Å². The normalized spacial score (nSPS) is 30.8. The molecular weight excluding hydrogens is 314 g/mol. The van der Waals surface area contributed by atoms with Gasteiger partial charge in [-0.25, -0.2) is 0 Å². The van der Waals surface area contributed by atoms with Crippen molar-refractivity contribution in [3.63, 3.8) is 0 Å². The second-order valence-electron chi connectivity index (χ2n) is 7.72. The molecule has 1 aliphatic carbocycles. The third kappa shape index (κ3) is 5.03. The molecule has 5 heteroatoms. The van der Waals surface area contributed by atoms with E-state index in [1.165, 1.54) is 0 Å². The summed E-state index contributed by atoms with van der Waals surface area (Å²) in [5.74, 6) is 0.159. The largest absolute Gasteiger partial charge is 0.373 e. The maximum atomic E-state index is 12.7. The summed E-state index contributed by atoms with van der Waals surface area (Å²) in [6, 6.07) is 8.29. The van der Waals surface area contributed by atoms with E-state index < -0.39 is 0 Å². The molecule has 2 fully saturated rings. The molecule has 5 nitrogen and oxygen atoms in total. The number of carbonyl (C=O) groups excluding carboxylic acids is 1. The average molecular weight is 345 g/mol. The van der Waals surface area contributed by atoms with Gasteiger partial charge in [-0.05, 0) is 44.7 Å². The van der Waals surface area contributed by atoms with Crippen LogP contribution in [-0.4, -0.2) is 42.1 Å². The van der Waals surface area contributed by atoms with E-state index in [1.54, 1.807) is 0 Å². The van der Waals surface area contributed by atoms with Crippen LogP contribution in [0.2, 0.25) is 0 Å². The van der Waals surface area contributed by atoms with Crippen LogP contribution in [0.1, 0.15) is 45.1 Å². The fourth-order valence-corrected chi connectivity index (χ4v) is 4.14. The van der Waals surface area contributed by atoms with Gasteiger partial charge in [0.05, 0.1) is 12.2 Å². The maximum Gasteiger partial charge on any atom is 0.227 e. The third-order valence-electron chi connectivity index (χ3n) is 5.25. The minimum absolute atomic E-state index is 0.0419. The first kappa shape index (κ1) is 18.4. The molecule has 0 aromatic heterocycles. The third-order valence-corrected chi connectivity index (χ3v) is 5.25. The van der Waals surface area contributed by atoms with Gasteiger partial charge in [0.2, 0.25) is 5.91 Å². The fraction of sp³-hybridized carbons (Fsp3) is 0.650. The van der Waals surface area contributed by atoms with Crippen molar-refractivity contribution in [3.8, 4) is 0 Å². The van der Waals surface area contributed by atoms with Crippen LogP contribution in [0.3, 0.4) is 0 Å². The van der Waals surface area contributed by atoms with E-state index in [2.05, 4.69) is 30.1 Å². The van der Waals surface area contributed by atoms with Crippen molar-refractivity contribution in [1.29, 1.82) is 0 Å².